The highest BCUT2D eigenvalue weighted by Gasteiger charge is 2.38. The minimum atomic E-state index is -1.14. The van der Waals surface area contributed by atoms with Crippen LogP contribution in [0.4, 0.5) is 10.5 Å². The van der Waals surface area contributed by atoms with Crippen molar-refractivity contribution in [3.63, 3.8) is 0 Å². The maximum atomic E-state index is 13.9. The first-order chi connectivity index (χ1) is 20.7. The molecule has 2 N–H and O–H groups in total. The summed E-state index contributed by atoms with van der Waals surface area (Å²) >= 11 is 5.14. The molecule has 236 valence electrons. The van der Waals surface area contributed by atoms with Crippen molar-refractivity contribution in [3.05, 3.63) is 59.9 Å². The predicted molar refractivity (Wildman–Crippen MR) is 170 cm³/mol. The van der Waals surface area contributed by atoms with E-state index in [0.29, 0.717) is 23.2 Å². The number of carbonyl (C=O) groups is 5. The molecule has 2 aromatic rings. The zero-order valence-electron chi connectivity index (χ0n) is 26.1. The number of amides is 6. The summed E-state index contributed by atoms with van der Waals surface area (Å²) in [7, 11) is 0. The normalized spacial score (nSPS) is 14.1. The zero-order valence-corrected chi connectivity index (χ0v) is 26.9. The fraction of sp³-hybridized carbons (Fsp3) is 0.469. The molecule has 1 aromatic heterocycles. The zero-order chi connectivity index (χ0) is 32.6. The number of fused-ring (bicyclic) bond motifs is 1. The second-order valence-corrected chi connectivity index (χ2v) is 12.8. The van der Waals surface area contributed by atoms with Crippen LogP contribution in [-0.2, 0) is 14.3 Å². The van der Waals surface area contributed by atoms with Crippen LogP contribution >= 0.6 is 12.2 Å². The molecule has 0 saturated carbocycles. The molecule has 0 radical (unpaired) electrons. The van der Waals surface area contributed by atoms with E-state index in [1.807, 2.05) is 34.6 Å². The molecule has 2 atom stereocenters. The first-order valence-electron chi connectivity index (χ1n) is 14.7. The van der Waals surface area contributed by atoms with Gasteiger partial charge in [0.05, 0.1) is 11.1 Å². The Morgan fingerprint density at radius 2 is 1.59 bits per heavy atom. The first-order valence-corrected chi connectivity index (χ1v) is 15.1. The summed E-state index contributed by atoms with van der Waals surface area (Å²) in [6, 6.07) is 8.14. The molecule has 0 fully saturated rings. The minimum absolute atomic E-state index is 0.0649. The van der Waals surface area contributed by atoms with Crippen LogP contribution in [0.25, 0.3) is 0 Å². The molecule has 2 heterocycles. The molecule has 12 heteroatoms. The highest BCUT2D eigenvalue weighted by molar-refractivity contribution is 7.80. The average Bonchev–Trinajstić information content (AvgIpc) is 3.19. The topological polar surface area (TPSA) is 138 Å². The third-order valence-corrected chi connectivity index (χ3v) is 7.19. The lowest BCUT2D eigenvalue weighted by atomic mass is 9.86. The van der Waals surface area contributed by atoms with E-state index in [1.54, 1.807) is 48.8 Å². The van der Waals surface area contributed by atoms with Gasteiger partial charge in [-0.3, -0.25) is 34.0 Å². The van der Waals surface area contributed by atoms with Crippen molar-refractivity contribution in [2.75, 3.05) is 18.4 Å². The average molecular weight is 624 g/mol. The highest BCUT2D eigenvalue weighted by Crippen LogP contribution is 2.24. The van der Waals surface area contributed by atoms with Crippen molar-refractivity contribution in [1.29, 1.82) is 0 Å². The summed E-state index contributed by atoms with van der Waals surface area (Å²) in [6.07, 6.45) is 2.79. The lowest BCUT2D eigenvalue weighted by molar-refractivity contribution is -0.137. The molecular formula is C32H41N5O6S. The molecule has 3 rings (SSSR count). The van der Waals surface area contributed by atoms with Crippen LogP contribution in [0.1, 0.15) is 81.5 Å². The van der Waals surface area contributed by atoms with Gasteiger partial charge in [-0.15, -0.1) is 0 Å². The predicted octanol–water partition coefficient (Wildman–Crippen LogP) is 4.83. The van der Waals surface area contributed by atoms with Crippen LogP contribution in [0, 0.1) is 11.3 Å². The van der Waals surface area contributed by atoms with Gasteiger partial charge >= 0.3 is 6.03 Å². The van der Waals surface area contributed by atoms with Gasteiger partial charge in [0.1, 0.15) is 6.04 Å². The summed E-state index contributed by atoms with van der Waals surface area (Å²) in [6.45, 7) is 11.0. The van der Waals surface area contributed by atoms with Gasteiger partial charge in [-0.05, 0) is 67.1 Å². The standard InChI is InChI=1S/C32H41N5O6S/c1-20(2)15-19-37(31(42)35-26(32(4,5)6)27(38)34-22-13-16-33-17-14-22)30(41)25(43-21(3)44)12-9-18-36-28(39)23-10-7-8-11-24(23)29(36)40/h7-8,10-11,13-14,16-17,20,25-26H,9,12,15,18-19H2,1-6H3,(H,35,42)(H,33,34,38)/t25-,26+/m0/s1. The number of benzene rings is 1. The number of thiocarbonyl (C=S) groups is 1. The first kappa shape index (κ1) is 34.3. The lowest BCUT2D eigenvalue weighted by Gasteiger charge is -2.33. The van der Waals surface area contributed by atoms with E-state index < -0.39 is 47.2 Å². The van der Waals surface area contributed by atoms with Crippen molar-refractivity contribution < 1.29 is 28.7 Å². The number of ether oxygens (including phenoxy) is 1. The molecular weight excluding hydrogens is 582 g/mol. The molecule has 6 amide bonds. The molecule has 0 unspecified atom stereocenters. The number of imide groups is 2. The lowest BCUT2D eigenvalue weighted by Crippen LogP contribution is -2.57. The fourth-order valence-corrected chi connectivity index (χ4v) is 4.83. The second-order valence-electron chi connectivity index (χ2n) is 12.2. The smallest absolute Gasteiger partial charge is 0.324 e. The summed E-state index contributed by atoms with van der Waals surface area (Å²) in [5, 5.41) is 5.66. The molecule has 0 spiro atoms. The van der Waals surface area contributed by atoms with Crippen LogP contribution in [0.2, 0.25) is 0 Å². The Bertz CT molecular complexity index is 1360. The highest BCUT2D eigenvalue weighted by atomic mass is 32.1. The Morgan fingerprint density at radius 1 is 1.00 bits per heavy atom. The number of aromatic nitrogens is 1. The number of nitrogens with one attached hydrogen (secondary N) is 2. The van der Waals surface area contributed by atoms with Crippen molar-refractivity contribution >= 4 is 52.6 Å². The Labute approximate surface area is 263 Å². The van der Waals surface area contributed by atoms with Gasteiger partial charge in [0.25, 0.3) is 17.7 Å². The maximum absolute atomic E-state index is 13.9. The molecule has 0 aliphatic carbocycles. The number of hydrogen-bond donors (Lipinski definition) is 2. The second kappa shape index (κ2) is 15.0. The van der Waals surface area contributed by atoms with Crippen LogP contribution in [0.15, 0.2) is 48.8 Å². The van der Waals surface area contributed by atoms with Gasteiger partial charge in [-0.25, -0.2) is 4.79 Å². The number of nitrogens with zero attached hydrogens (tertiary/aromatic N) is 3. The summed E-state index contributed by atoms with van der Waals surface area (Å²) in [4.78, 5) is 72.6. The van der Waals surface area contributed by atoms with Gasteiger partial charge < -0.3 is 15.4 Å². The quantitative estimate of drug-likeness (QED) is 0.253. The molecule has 1 aromatic carbocycles. The van der Waals surface area contributed by atoms with Crippen LogP contribution in [-0.4, -0.2) is 74.7 Å². The Kier molecular flexibility index (Phi) is 11.7. The largest absolute Gasteiger partial charge is 0.474 e. The molecule has 44 heavy (non-hydrogen) atoms. The number of urea groups is 1. The molecule has 1 aliphatic rings. The third kappa shape index (κ3) is 8.91. The molecule has 0 bridgehead atoms. The van der Waals surface area contributed by atoms with E-state index >= 15 is 0 Å². The fourth-order valence-electron chi connectivity index (χ4n) is 4.71. The van der Waals surface area contributed by atoms with Gasteiger partial charge in [0.2, 0.25) is 5.91 Å². The van der Waals surface area contributed by atoms with E-state index in [-0.39, 0.29) is 36.9 Å². The number of rotatable bonds is 12. The number of pyridine rings is 1. The van der Waals surface area contributed by atoms with Crippen molar-refractivity contribution in [2.24, 2.45) is 11.3 Å². The van der Waals surface area contributed by atoms with Crippen molar-refractivity contribution in [1.82, 2.24) is 20.1 Å². The van der Waals surface area contributed by atoms with Gasteiger partial charge in [0, 0.05) is 38.1 Å². The van der Waals surface area contributed by atoms with E-state index in [1.165, 1.54) is 6.92 Å². The van der Waals surface area contributed by atoms with Crippen LogP contribution in [0.5, 0.6) is 0 Å². The number of hydrogen-bond acceptors (Lipinski definition) is 8. The Hall–Kier alpha value is -4.19. The molecule has 1 aliphatic heterocycles. The van der Waals surface area contributed by atoms with E-state index in [0.717, 1.165) is 9.80 Å². The summed E-state index contributed by atoms with van der Waals surface area (Å²) in [5.74, 6) is -1.69. The van der Waals surface area contributed by atoms with Crippen molar-refractivity contribution in [3.8, 4) is 0 Å². The summed E-state index contributed by atoms with van der Waals surface area (Å²) < 4.78 is 5.72. The van der Waals surface area contributed by atoms with Crippen LogP contribution in [0.3, 0.4) is 0 Å². The Morgan fingerprint density at radius 3 is 2.11 bits per heavy atom. The van der Waals surface area contributed by atoms with Gasteiger partial charge in [-0.1, -0.05) is 46.8 Å². The monoisotopic (exact) mass is 623 g/mol. The van der Waals surface area contributed by atoms with E-state index in [9.17, 15) is 24.0 Å². The SMILES string of the molecule is CC(=S)O[C@@H](CCCN1C(=O)c2ccccc2C1=O)C(=O)N(CCC(C)C)C(=O)N[C@H](C(=O)Nc1ccncc1)C(C)(C)C. The maximum Gasteiger partial charge on any atom is 0.324 e. The summed E-state index contributed by atoms with van der Waals surface area (Å²) in [5.41, 5.74) is 0.500. The van der Waals surface area contributed by atoms with Gasteiger partial charge in [0.15, 0.2) is 11.2 Å². The van der Waals surface area contributed by atoms with Crippen molar-refractivity contribution in [2.45, 2.75) is 73.0 Å². The molecule has 0 saturated heterocycles. The van der Waals surface area contributed by atoms with Gasteiger partial charge in [-0.2, -0.15) is 0 Å². The van der Waals surface area contributed by atoms with E-state index in [2.05, 4.69) is 15.6 Å². The minimum Gasteiger partial charge on any atom is -0.474 e. The van der Waals surface area contributed by atoms with E-state index in [4.69, 9.17) is 17.0 Å². The number of anilines is 1. The number of carbonyl (C=O) groups excluding carboxylic acids is 5. The third-order valence-electron chi connectivity index (χ3n) is 7.10. The Balaban J connectivity index is 1.77. The van der Waals surface area contributed by atoms with Crippen LogP contribution < -0.4 is 10.6 Å². The molecule has 11 nitrogen and oxygen atoms in total.